The molecule has 6 nitrogen and oxygen atoms in total. The minimum Gasteiger partial charge on any atom is -0.451 e. The zero-order valence-corrected chi connectivity index (χ0v) is 17.4. The molecule has 0 aliphatic carbocycles. The van der Waals surface area contributed by atoms with Gasteiger partial charge in [-0.15, -0.1) is 0 Å². The highest BCUT2D eigenvalue weighted by atomic mass is 79.9. The molecule has 1 aliphatic heterocycles. The summed E-state index contributed by atoms with van der Waals surface area (Å²) in [6.07, 6.45) is 1.65. The van der Waals surface area contributed by atoms with E-state index in [0.29, 0.717) is 41.7 Å². The lowest BCUT2D eigenvalue weighted by atomic mass is 9.97. The molecule has 2 aromatic carbocycles. The highest BCUT2D eigenvalue weighted by molar-refractivity contribution is 9.10. The number of carbonyl (C=O) groups excluding carboxylic acids is 1. The SMILES string of the molecule is O=C(c1cc2cc(Br)ccc2o1)N1CCCC(c2nc(-c3cccc(F)c3)no2)C1. The van der Waals surface area contributed by atoms with Crippen molar-refractivity contribution in [1.82, 2.24) is 15.0 Å². The number of hydrogen-bond donors (Lipinski definition) is 0. The molecule has 1 amide bonds. The van der Waals surface area contributed by atoms with Gasteiger partial charge in [0.1, 0.15) is 11.4 Å². The van der Waals surface area contributed by atoms with E-state index in [1.54, 1.807) is 23.1 Å². The van der Waals surface area contributed by atoms with Gasteiger partial charge in [0, 0.05) is 28.5 Å². The Morgan fingerprint density at radius 3 is 2.97 bits per heavy atom. The van der Waals surface area contributed by atoms with Gasteiger partial charge >= 0.3 is 0 Å². The van der Waals surface area contributed by atoms with Crippen molar-refractivity contribution in [3.05, 3.63) is 70.5 Å². The fraction of sp³-hybridized carbons (Fsp3) is 0.227. The molecule has 0 bridgehead atoms. The molecule has 152 valence electrons. The first kappa shape index (κ1) is 19.0. The Bertz CT molecular complexity index is 1240. The van der Waals surface area contributed by atoms with E-state index < -0.39 is 0 Å². The molecular weight excluding hydrogens is 453 g/mol. The normalized spacial score (nSPS) is 16.9. The zero-order chi connectivity index (χ0) is 20.7. The molecule has 1 atom stereocenters. The molecule has 4 aromatic rings. The predicted molar refractivity (Wildman–Crippen MR) is 111 cm³/mol. The summed E-state index contributed by atoms with van der Waals surface area (Å²) < 4.78 is 25.6. The lowest BCUT2D eigenvalue weighted by Crippen LogP contribution is -2.39. The number of nitrogens with zero attached hydrogens (tertiary/aromatic N) is 3. The molecule has 0 saturated carbocycles. The van der Waals surface area contributed by atoms with Crippen molar-refractivity contribution >= 4 is 32.8 Å². The van der Waals surface area contributed by atoms with Gasteiger partial charge in [-0.05, 0) is 49.2 Å². The third-order valence-electron chi connectivity index (χ3n) is 5.27. The fourth-order valence-electron chi connectivity index (χ4n) is 3.78. The van der Waals surface area contributed by atoms with E-state index in [1.807, 2.05) is 18.2 Å². The van der Waals surface area contributed by atoms with E-state index in [-0.39, 0.29) is 17.6 Å². The van der Waals surface area contributed by atoms with Crippen LogP contribution in [-0.4, -0.2) is 34.0 Å². The van der Waals surface area contributed by atoms with E-state index in [9.17, 15) is 9.18 Å². The van der Waals surface area contributed by atoms with Crippen molar-refractivity contribution in [2.75, 3.05) is 13.1 Å². The molecule has 1 saturated heterocycles. The lowest BCUT2D eigenvalue weighted by Gasteiger charge is -2.30. The Labute approximate surface area is 179 Å². The third kappa shape index (κ3) is 3.63. The monoisotopic (exact) mass is 469 g/mol. The number of hydrogen-bond acceptors (Lipinski definition) is 5. The average molecular weight is 470 g/mol. The quantitative estimate of drug-likeness (QED) is 0.401. The summed E-state index contributed by atoms with van der Waals surface area (Å²) in [7, 11) is 0. The van der Waals surface area contributed by atoms with Gasteiger partial charge in [0.15, 0.2) is 5.76 Å². The first-order chi connectivity index (χ1) is 14.6. The van der Waals surface area contributed by atoms with Gasteiger partial charge in [0.05, 0.1) is 5.92 Å². The molecule has 3 heterocycles. The van der Waals surface area contributed by atoms with Gasteiger partial charge in [-0.3, -0.25) is 4.79 Å². The van der Waals surface area contributed by atoms with Gasteiger partial charge in [-0.25, -0.2) is 4.39 Å². The maximum absolute atomic E-state index is 13.5. The first-order valence-corrected chi connectivity index (χ1v) is 10.4. The number of rotatable bonds is 3. The van der Waals surface area contributed by atoms with Crippen LogP contribution in [0.3, 0.4) is 0 Å². The molecular formula is C22H17BrFN3O3. The molecule has 1 aliphatic rings. The topological polar surface area (TPSA) is 72.4 Å². The van der Waals surface area contributed by atoms with Crippen LogP contribution in [0, 0.1) is 5.82 Å². The number of amides is 1. The molecule has 2 aromatic heterocycles. The highest BCUT2D eigenvalue weighted by Gasteiger charge is 2.30. The molecule has 0 radical (unpaired) electrons. The van der Waals surface area contributed by atoms with Gasteiger partial charge in [0.2, 0.25) is 11.7 Å². The summed E-state index contributed by atoms with van der Waals surface area (Å²) in [6.45, 7) is 1.10. The number of furan rings is 1. The largest absolute Gasteiger partial charge is 0.451 e. The van der Waals surface area contributed by atoms with Gasteiger partial charge < -0.3 is 13.8 Å². The molecule has 30 heavy (non-hydrogen) atoms. The van der Waals surface area contributed by atoms with Crippen LogP contribution in [0.2, 0.25) is 0 Å². The van der Waals surface area contributed by atoms with Crippen LogP contribution in [0.25, 0.3) is 22.4 Å². The van der Waals surface area contributed by atoms with Crippen LogP contribution in [-0.2, 0) is 0 Å². The van der Waals surface area contributed by atoms with Crippen LogP contribution in [0.15, 0.2) is 61.9 Å². The minimum atomic E-state index is -0.355. The van der Waals surface area contributed by atoms with Crippen molar-refractivity contribution in [1.29, 1.82) is 0 Å². The van der Waals surface area contributed by atoms with Crippen LogP contribution < -0.4 is 0 Å². The zero-order valence-electron chi connectivity index (χ0n) is 15.8. The predicted octanol–water partition coefficient (Wildman–Crippen LogP) is 5.40. The smallest absolute Gasteiger partial charge is 0.289 e. The number of fused-ring (bicyclic) bond motifs is 1. The van der Waals surface area contributed by atoms with Crippen molar-refractivity contribution in [3.8, 4) is 11.4 Å². The highest BCUT2D eigenvalue weighted by Crippen LogP contribution is 2.30. The van der Waals surface area contributed by atoms with Crippen LogP contribution >= 0.6 is 15.9 Å². The summed E-state index contributed by atoms with van der Waals surface area (Å²) in [5.41, 5.74) is 1.23. The summed E-state index contributed by atoms with van der Waals surface area (Å²) >= 11 is 3.43. The van der Waals surface area contributed by atoms with Gasteiger partial charge in [0.25, 0.3) is 5.91 Å². The molecule has 0 N–H and O–H groups in total. The van der Waals surface area contributed by atoms with Gasteiger partial charge in [-0.2, -0.15) is 4.98 Å². The second-order valence-electron chi connectivity index (χ2n) is 7.35. The van der Waals surface area contributed by atoms with E-state index in [0.717, 1.165) is 22.7 Å². The second kappa shape index (κ2) is 7.68. The number of benzene rings is 2. The standard InChI is InChI=1S/C22H17BrFN3O3/c23-16-6-7-18-15(9-16)11-19(29-18)22(28)27-8-2-4-14(12-27)21-25-20(26-30-21)13-3-1-5-17(24)10-13/h1,3,5-7,9-11,14H,2,4,8,12H2. The summed E-state index contributed by atoms with van der Waals surface area (Å²) in [5, 5.41) is 4.86. The maximum Gasteiger partial charge on any atom is 0.289 e. The summed E-state index contributed by atoms with van der Waals surface area (Å²) in [6, 6.07) is 13.5. The number of piperidine rings is 1. The Morgan fingerprint density at radius 1 is 1.20 bits per heavy atom. The van der Waals surface area contributed by atoms with Crippen LogP contribution in [0.1, 0.15) is 35.2 Å². The van der Waals surface area contributed by atoms with Crippen LogP contribution in [0.4, 0.5) is 4.39 Å². The Kier molecular flexibility index (Phi) is 4.86. The molecule has 0 spiro atoms. The Balaban J connectivity index is 1.35. The van der Waals surface area contributed by atoms with Gasteiger partial charge in [-0.1, -0.05) is 33.2 Å². The second-order valence-corrected chi connectivity index (χ2v) is 8.27. The number of likely N-dealkylation sites (tertiary alicyclic amines) is 1. The molecule has 5 rings (SSSR count). The van der Waals surface area contributed by atoms with Crippen molar-refractivity contribution in [2.24, 2.45) is 0 Å². The van der Waals surface area contributed by atoms with Crippen molar-refractivity contribution < 1.29 is 18.1 Å². The third-order valence-corrected chi connectivity index (χ3v) is 5.76. The molecule has 1 unspecified atom stereocenters. The lowest BCUT2D eigenvalue weighted by molar-refractivity contribution is 0.0666. The van der Waals surface area contributed by atoms with E-state index in [4.69, 9.17) is 8.94 Å². The summed E-state index contributed by atoms with van der Waals surface area (Å²) in [5.74, 6) is 0.532. The van der Waals surface area contributed by atoms with E-state index in [1.165, 1.54) is 12.1 Å². The average Bonchev–Trinajstić information content (AvgIpc) is 3.40. The van der Waals surface area contributed by atoms with Crippen molar-refractivity contribution in [2.45, 2.75) is 18.8 Å². The Hall–Kier alpha value is -3.00. The van der Waals surface area contributed by atoms with Crippen molar-refractivity contribution in [3.63, 3.8) is 0 Å². The number of carbonyl (C=O) groups is 1. The first-order valence-electron chi connectivity index (χ1n) is 9.65. The molecule has 1 fully saturated rings. The fourth-order valence-corrected chi connectivity index (χ4v) is 4.16. The van der Waals surface area contributed by atoms with Crippen LogP contribution in [0.5, 0.6) is 0 Å². The minimum absolute atomic E-state index is 0.0731. The van der Waals surface area contributed by atoms with E-state index in [2.05, 4.69) is 26.1 Å². The maximum atomic E-state index is 13.5. The summed E-state index contributed by atoms with van der Waals surface area (Å²) in [4.78, 5) is 19.2. The molecule has 8 heteroatoms. The Morgan fingerprint density at radius 2 is 2.10 bits per heavy atom. The number of halogens is 2. The van der Waals surface area contributed by atoms with E-state index >= 15 is 0 Å². The number of aromatic nitrogens is 2.